The molecule has 0 saturated carbocycles. The van der Waals surface area contributed by atoms with E-state index in [0.717, 1.165) is 44.0 Å². The fourth-order valence-electron chi connectivity index (χ4n) is 3.25. The fourth-order valence-corrected chi connectivity index (χ4v) is 3.41. The van der Waals surface area contributed by atoms with Crippen LogP contribution in [0.4, 0.5) is 4.39 Å². The van der Waals surface area contributed by atoms with Gasteiger partial charge in [-0.05, 0) is 49.4 Å². The number of benzene rings is 1. The first-order valence-corrected chi connectivity index (χ1v) is 8.29. The molecular formula is C17H24ClFN2O. The molecule has 0 radical (unpaired) electrons. The van der Waals surface area contributed by atoms with Crippen molar-refractivity contribution >= 4 is 17.5 Å². The van der Waals surface area contributed by atoms with Gasteiger partial charge in [0.15, 0.2) is 0 Å². The minimum Gasteiger partial charge on any atom is -0.352 e. The number of hydrogen-bond donors (Lipinski definition) is 1. The van der Waals surface area contributed by atoms with Gasteiger partial charge >= 0.3 is 0 Å². The van der Waals surface area contributed by atoms with Gasteiger partial charge in [-0.2, -0.15) is 0 Å². The third-order valence-electron chi connectivity index (χ3n) is 4.06. The molecule has 2 unspecified atom stereocenters. The van der Waals surface area contributed by atoms with Crippen LogP contribution in [0.25, 0.3) is 0 Å². The number of nitrogens with one attached hydrogen (secondary N) is 1. The summed E-state index contributed by atoms with van der Waals surface area (Å²) in [7, 11) is 0. The highest BCUT2D eigenvalue weighted by molar-refractivity contribution is 6.30. The summed E-state index contributed by atoms with van der Waals surface area (Å²) in [5.74, 6) is 0.515. The van der Waals surface area contributed by atoms with Gasteiger partial charge in [-0.25, -0.2) is 4.39 Å². The molecule has 1 fully saturated rings. The van der Waals surface area contributed by atoms with E-state index in [2.05, 4.69) is 24.1 Å². The van der Waals surface area contributed by atoms with Crippen LogP contribution in [0.3, 0.4) is 0 Å². The van der Waals surface area contributed by atoms with Crippen LogP contribution >= 0.6 is 11.6 Å². The molecule has 122 valence electrons. The van der Waals surface area contributed by atoms with E-state index in [9.17, 15) is 9.18 Å². The van der Waals surface area contributed by atoms with Crippen molar-refractivity contribution in [3.63, 3.8) is 0 Å². The van der Waals surface area contributed by atoms with Gasteiger partial charge in [-0.15, -0.1) is 0 Å². The number of carbonyl (C=O) groups is 1. The van der Waals surface area contributed by atoms with Gasteiger partial charge in [0.1, 0.15) is 5.82 Å². The summed E-state index contributed by atoms with van der Waals surface area (Å²) in [4.78, 5) is 14.4. The molecule has 1 aromatic rings. The number of amides is 1. The lowest BCUT2D eigenvalue weighted by Crippen LogP contribution is -2.40. The third-order valence-corrected chi connectivity index (χ3v) is 4.29. The molecule has 0 bridgehead atoms. The van der Waals surface area contributed by atoms with Gasteiger partial charge < -0.3 is 10.2 Å². The minimum atomic E-state index is -0.580. The number of carbonyl (C=O) groups excluding carboxylic acids is 1. The molecular weight excluding hydrogens is 303 g/mol. The molecule has 22 heavy (non-hydrogen) atoms. The maximum Gasteiger partial charge on any atom is 0.254 e. The molecule has 5 heteroatoms. The SMILES string of the molecule is CC1CC(C)CN(CCCNC(=O)c2ccc(Cl)cc2F)C1. The second kappa shape index (κ2) is 7.93. The average Bonchev–Trinajstić information content (AvgIpc) is 2.42. The summed E-state index contributed by atoms with van der Waals surface area (Å²) >= 11 is 5.68. The van der Waals surface area contributed by atoms with Gasteiger partial charge in [0.2, 0.25) is 0 Å². The summed E-state index contributed by atoms with van der Waals surface area (Å²) in [6.07, 6.45) is 2.17. The second-order valence-electron chi connectivity index (χ2n) is 6.44. The molecule has 1 aliphatic rings. The summed E-state index contributed by atoms with van der Waals surface area (Å²) in [5, 5.41) is 3.07. The normalized spacial score (nSPS) is 22.5. The summed E-state index contributed by atoms with van der Waals surface area (Å²) in [5.41, 5.74) is 0.0459. The first-order valence-electron chi connectivity index (χ1n) is 7.91. The van der Waals surface area contributed by atoms with Crippen LogP contribution < -0.4 is 5.32 Å². The zero-order valence-corrected chi connectivity index (χ0v) is 14.0. The van der Waals surface area contributed by atoms with Crippen LogP contribution in [0.15, 0.2) is 18.2 Å². The molecule has 1 saturated heterocycles. The summed E-state index contributed by atoms with van der Waals surface area (Å²) < 4.78 is 13.6. The van der Waals surface area contributed by atoms with Crippen molar-refractivity contribution < 1.29 is 9.18 Å². The monoisotopic (exact) mass is 326 g/mol. The number of hydrogen-bond acceptors (Lipinski definition) is 2. The topological polar surface area (TPSA) is 32.3 Å². The van der Waals surface area contributed by atoms with Crippen molar-refractivity contribution in [2.45, 2.75) is 26.7 Å². The Labute approximate surface area is 136 Å². The van der Waals surface area contributed by atoms with Crippen LogP contribution in [-0.2, 0) is 0 Å². The summed E-state index contributed by atoms with van der Waals surface area (Å²) in [6.45, 7) is 8.36. The first-order chi connectivity index (χ1) is 10.5. The smallest absolute Gasteiger partial charge is 0.254 e. The predicted molar refractivity (Wildman–Crippen MR) is 87.7 cm³/mol. The number of halogens is 2. The van der Waals surface area contributed by atoms with E-state index in [1.807, 2.05) is 0 Å². The lowest BCUT2D eigenvalue weighted by molar-refractivity contribution is 0.0943. The minimum absolute atomic E-state index is 0.0459. The maximum absolute atomic E-state index is 13.6. The number of nitrogens with zero attached hydrogens (tertiary/aromatic N) is 1. The molecule has 1 aromatic carbocycles. The molecule has 0 spiro atoms. The van der Waals surface area contributed by atoms with Crippen molar-refractivity contribution in [3.05, 3.63) is 34.6 Å². The Balaban J connectivity index is 1.73. The number of rotatable bonds is 5. The standard InChI is InChI=1S/C17H24ClFN2O/c1-12-8-13(2)11-21(10-12)7-3-6-20-17(22)15-5-4-14(18)9-16(15)19/h4-5,9,12-13H,3,6-8,10-11H2,1-2H3,(H,20,22). The van der Waals surface area contributed by atoms with E-state index < -0.39 is 5.82 Å². The number of piperidine rings is 1. The van der Waals surface area contributed by atoms with Gasteiger partial charge in [-0.3, -0.25) is 4.79 Å². The molecule has 1 aliphatic heterocycles. The van der Waals surface area contributed by atoms with Gasteiger partial charge in [0.05, 0.1) is 5.56 Å². The highest BCUT2D eigenvalue weighted by Gasteiger charge is 2.21. The van der Waals surface area contributed by atoms with Gasteiger partial charge in [0, 0.05) is 24.7 Å². The van der Waals surface area contributed by atoms with Crippen molar-refractivity contribution in [3.8, 4) is 0 Å². The van der Waals surface area contributed by atoms with Crippen molar-refractivity contribution in [2.24, 2.45) is 11.8 Å². The van der Waals surface area contributed by atoms with Crippen LogP contribution in [0, 0.1) is 17.7 Å². The molecule has 2 atom stereocenters. The van der Waals surface area contributed by atoms with Gasteiger partial charge in [-0.1, -0.05) is 25.4 Å². The lowest BCUT2D eigenvalue weighted by atomic mass is 9.92. The third kappa shape index (κ3) is 4.96. The van der Waals surface area contributed by atoms with Crippen LogP contribution in [0.2, 0.25) is 5.02 Å². The zero-order valence-electron chi connectivity index (χ0n) is 13.2. The lowest BCUT2D eigenvalue weighted by Gasteiger charge is -2.34. The van der Waals surface area contributed by atoms with E-state index in [-0.39, 0.29) is 11.5 Å². The molecule has 0 aliphatic carbocycles. The predicted octanol–water partition coefficient (Wildman–Crippen LogP) is 3.58. The Hall–Kier alpha value is -1.13. The van der Waals surface area contributed by atoms with Crippen molar-refractivity contribution in [1.82, 2.24) is 10.2 Å². The highest BCUT2D eigenvalue weighted by Crippen LogP contribution is 2.20. The van der Waals surface area contributed by atoms with Crippen LogP contribution in [0.5, 0.6) is 0 Å². The van der Waals surface area contributed by atoms with E-state index in [0.29, 0.717) is 11.6 Å². The largest absolute Gasteiger partial charge is 0.352 e. The molecule has 2 rings (SSSR count). The molecule has 0 aromatic heterocycles. The molecule has 1 N–H and O–H groups in total. The Morgan fingerprint density at radius 1 is 1.36 bits per heavy atom. The maximum atomic E-state index is 13.6. The van der Waals surface area contributed by atoms with Crippen LogP contribution in [-0.4, -0.2) is 37.0 Å². The molecule has 3 nitrogen and oxygen atoms in total. The molecule has 1 amide bonds. The van der Waals surface area contributed by atoms with E-state index in [4.69, 9.17) is 11.6 Å². The van der Waals surface area contributed by atoms with E-state index in [1.165, 1.54) is 18.6 Å². The quantitative estimate of drug-likeness (QED) is 0.839. The van der Waals surface area contributed by atoms with Gasteiger partial charge in [0.25, 0.3) is 5.91 Å². The van der Waals surface area contributed by atoms with E-state index in [1.54, 1.807) is 0 Å². The first kappa shape index (κ1) is 17.2. The summed E-state index contributed by atoms with van der Waals surface area (Å²) in [6, 6.07) is 4.10. The zero-order chi connectivity index (χ0) is 16.1. The number of likely N-dealkylation sites (tertiary alicyclic amines) is 1. The second-order valence-corrected chi connectivity index (χ2v) is 6.88. The van der Waals surface area contributed by atoms with E-state index >= 15 is 0 Å². The Morgan fingerprint density at radius 2 is 2.05 bits per heavy atom. The van der Waals surface area contributed by atoms with Crippen molar-refractivity contribution in [2.75, 3.05) is 26.2 Å². The Morgan fingerprint density at radius 3 is 2.68 bits per heavy atom. The Kier molecular flexibility index (Phi) is 6.21. The molecule has 1 heterocycles. The average molecular weight is 327 g/mol. The highest BCUT2D eigenvalue weighted by atomic mass is 35.5. The Bertz CT molecular complexity index is 513. The van der Waals surface area contributed by atoms with Crippen LogP contribution in [0.1, 0.15) is 37.0 Å². The van der Waals surface area contributed by atoms with Crippen molar-refractivity contribution in [1.29, 1.82) is 0 Å². The fraction of sp³-hybridized carbons (Fsp3) is 0.588.